The van der Waals surface area contributed by atoms with Crippen molar-refractivity contribution in [3.63, 3.8) is 0 Å². The van der Waals surface area contributed by atoms with Gasteiger partial charge in [0.25, 0.3) is 0 Å². The highest BCUT2D eigenvalue weighted by molar-refractivity contribution is 5.84. The van der Waals surface area contributed by atoms with Gasteiger partial charge in [0.05, 0.1) is 6.54 Å². The SMILES string of the molecule is NC(=O)CN1CC2(CCC1=O)CCN(c1nccc(C3CCCC3)n1)CC2. The van der Waals surface area contributed by atoms with Crippen LogP contribution in [0.4, 0.5) is 5.95 Å². The molecule has 146 valence electrons. The number of rotatable bonds is 4. The number of primary amides is 1. The van der Waals surface area contributed by atoms with Crippen LogP contribution in [0, 0.1) is 5.41 Å². The van der Waals surface area contributed by atoms with Crippen LogP contribution in [-0.2, 0) is 9.59 Å². The number of nitrogens with zero attached hydrogens (tertiary/aromatic N) is 4. The molecular weight excluding hydrogens is 342 g/mol. The van der Waals surface area contributed by atoms with Gasteiger partial charge in [0.1, 0.15) is 0 Å². The zero-order chi connectivity index (χ0) is 18.9. The third-order valence-corrected chi connectivity index (χ3v) is 6.64. The minimum atomic E-state index is -0.435. The Morgan fingerprint density at radius 2 is 1.96 bits per heavy atom. The topological polar surface area (TPSA) is 92.4 Å². The average Bonchev–Trinajstić information content (AvgIpc) is 3.20. The second kappa shape index (κ2) is 7.44. The lowest BCUT2D eigenvalue weighted by Gasteiger charge is -2.47. The van der Waals surface area contributed by atoms with E-state index in [0.29, 0.717) is 18.9 Å². The maximum absolute atomic E-state index is 12.1. The summed E-state index contributed by atoms with van der Waals surface area (Å²) in [6, 6.07) is 2.07. The molecule has 7 nitrogen and oxygen atoms in total. The summed E-state index contributed by atoms with van der Waals surface area (Å²) in [7, 11) is 0. The molecule has 2 amide bonds. The summed E-state index contributed by atoms with van der Waals surface area (Å²) < 4.78 is 0. The maximum atomic E-state index is 12.1. The Bertz CT molecular complexity index is 708. The number of nitrogens with two attached hydrogens (primary N) is 1. The van der Waals surface area contributed by atoms with Gasteiger partial charge in [-0.05, 0) is 43.6 Å². The minimum Gasteiger partial charge on any atom is -0.368 e. The minimum absolute atomic E-state index is 0.0385. The monoisotopic (exact) mass is 371 g/mol. The van der Waals surface area contributed by atoms with Gasteiger partial charge in [0.15, 0.2) is 0 Å². The van der Waals surface area contributed by atoms with Gasteiger partial charge >= 0.3 is 0 Å². The van der Waals surface area contributed by atoms with Crippen molar-refractivity contribution in [2.24, 2.45) is 11.1 Å². The van der Waals surface area contributed by atoms with E-state index in [2.05, 4.69) is 16.0 Å². The fourth-order valence-electron chi connectivity index (χ4n) is 4.99. The predicted molar refractivity (Wildman–Crippen MR) is 102 cm³/mol. The van der Waals surface area contributed by atoms with Crippen LogP contribution >= 0.6 is 0 Å². The first-order valence-electron chi connectivity index (χ1n) is 10.2. The van der Waals surface area contributed by atoms with E-state index in [0.717, 1.165) is 38.3 Å². The zero-order valence-electron chi connectivity index (χ0n) is 15.9. The molecule has 1 aromatic rings. The number of hydrogen-bond donors (Lipinski definition) is 1. The van der Waals surface area contributed by atoms with Crippen LogP contribution in [0.15, 0.2) is 12.3 Å². The molecule has 1 aromatic heterocycles. The van der Waals surface area contributed by atoms with Crippen LogP contribution in [0.5, 0.6) is 0 Å². The van der Waals surface area contributed by atoms with E-state index in [-0.39, 0.29) is 17.9 Å². The third-order valence-electron chi connectivity index (χ3n) is 6.64. The number of amides is 2. The van der Waals surface area contributed by atoms with Gasteiger partial charge < -0.3 is 15.5 Å². The molecule has 1 spiro atoms. The molecule has 7 heteroatoms. The van der Waals surface area contributed by atoms with Crippen LogP contribution in [0.25, 0.3) is 0 Å². The fourth-order valence-corrected chi connectivity index (χ4v) is 4.99. The normalized spacial score (nSPS) is 23.2. The van der Waals surface area contributed by atoms with Crippen molar-refractivity contribution in [3.8, 4) is 0 Å². The molecule has 1 saturated carbocycles. The van der Waals surface area contributed by atoms with E-state index in [1.807, 2.05) is 6.20 Å². The molecule has 2 N–H and O–H groups in total. The lowest BCUT2D eigenvalue weighted by Crippen LogP contribution is -2.53. The first-order chi connectivity index (χ1) is 13.0. The van der Waals surface area contributed by atoms with E-state index < -0.39 is 5.91 Å². The Balaban J connectivity index is 1.40. The van der Waals surface area contributed by atoms with Crippen molar-refractivity contribution in [3.05, 3.63) is 18.0 Å². The van der Waals surface area contributed by atoms with Crippen LogP contribution in [0.1, 0.15) is 63.0 Å². The molecule has 27 heavy (non-hydrogen) atoms. The van der Waals surface area contributed by atoms with E-state index in [1.165, 1.54) is 31.4 Å². The standard InChI is InChI=1S/C20H29N5O2/c21-17(26)13-25-14-20(7-5-18(25)27)8-11-24(12-9-20)19-22-10-6-16(23-19)15-3-1-2-4-15/h6,10,15H,1-5,7-9,11-14H2,(H2,21,26). The Kier molecular flexibility index (Phi) is 5.02. The van der Waals surface area contributed by atoms with Gasteiger partial charge in [-0.2, -0.15) is 0 Å². The average molecular weight is 371 g/mol. The van der Waals surface area contributed by atoms with Crippen molar-refractivity contribution in [1.82, 2.24) is 14.9 Å². The van der Waals surface area contributed by atoms with Crippen LogP contribution in [0.3, 0.4) is 0 Å². The molecule has 0 radical (unpaired) electrons. The van der Waals surface area contributed by atoms with Crippen molar-refractivity contribution >= 4 is 17.8 Å². The van der Waals surface area contributed by atoms with Crippen LogP contribution in [-0.4, -0.2) is 52.9 Å². The van der Waals surface area contributed by atoms with E-state index in [9.17, 15) is 9.59 Å². The molecule has 4 rings (SSSR count). The number of likely N-dealkylation sites (tertiary alicyclic amines) is 1. The molecule has 1 aliphatic carbocycles. The molecule has 0 unspecified atom stereocenters. The zero-order valence-corrected chi connectivity index (χ0v) is 15.9. The lowest BCUT2D eigenvalue weighted by atomic mass is 9.72. The summed E-state index contributed by atoms with van der Waals surface area (Å²) in [5.41, 5.74) is 6.60. The van der Waals surface area contributed by atoms with Gasteiger partial charge in [0.2, 0.25) is 17.8 Å². The summed E-state index contributed by atoms with van der Waals surface area (Å²) in [6.45, 7) is 2.47. The quantitative estimate of drug-likeness (QED) is 0.872. The number of anilines is 1. The largest absolute Gasteiger partial charge is 0.368 e. The number of aromatic nitrogens is 2. The molecule has 2 saturated heterocycles. The smallest absolute Gasteiger partial charge is 0.237 e. The Morgan fingerprint density at radius 3 is 2.67 bits per heavy atom. The van der Waals surface area contributed by atoms with E-state index >= 15 is 0 Å². The fraction of sp³-hybridized carbons (Fsp3) is 0.700. The Hall–Kier alpha value is -2.18. The summed E-state index contributed by atoms with van der Waals surface area (Å²) in [5.74, 6) is 1.05. The Labute approximate surface area is 160 Å². The molecule has 3 heterocycles. The van der Waals surface area contributed by atoms with Gasteiger partial charge in [-0.15, -0.1) is 0 Å². The van der Waals surface area contributed by atoms with Crippen molar-refractivity contribution < 1.29 is 9.59 Å². The summed E-state index contributed by atoms with van der Waals surface area (Å²) >= 11 is 0. The number of hydrogen-bond acceptors (Lipinski definition) is 5. The van der Waals surface area contributed by atoms with Crippen molar-refractivity contribution in [1.29, 1.82) is 0 Å². The molecule has 3 fully saturated rings. The summed E-state index contributed by atoms with van der Waals surface area (Å²) in [5, 5.41) is 0. The summed E-state index contributed by atoms with van der Waals surface area (Å²) in [6.07, 6.45) is 10.4. The number of carbonyl (C=O) groups is 2. The molecule has 0 aromatic carbocycles. The number of carbonyl (C=O) groups excluding carboxylic acids is 2. The van der Waals surface area contributed by atoms with Gasteiger partial charge in [0, 0.05) is 43.9 Å². The van der Waals surface area contributed by atoms with Gasteiger partial charge in [-0.25, -0.2) is 9.97 Å². The van der Waals surface area contributed by atoms with Crippen molar-refractivity contribution in [2.75, 3.05) is 31.1 Å². The first kappa shape index (κ1) is 18.2. The highest BCUT2D eigenvalue weighted by Gasteiger charge is 2.41. The molecule has 0 bridgehead atoms. The third kappa shape index (κ3) is 3.92. The molecular formula is C20H29N5O2. The second-order valence-electron chi connectivity index (χ2n) is 8.47. The van der Waals surface area contributed by atoms with Crippen LogP contribution < -0.4 is 10.6 Å². The maximum Gasteiger partial charge on any atom is 0.237 e. The molecule has 3 aliphatic rings. The molecule has 0 atom stereocenters. The number of piperidine rings is 2. The van der Waals surface area contributed by atoms with Crippen LogP contribution in [0.2, 0.25) is 0 Å². The Morgan fingerprint density at radius 1 is 1.22 bits per heavy atom. The van der Waals surface area contributed by atoms with E-state index in [1.54, 1.807) is 4.90 Å². The highest BCUT2D eigenvalue weighted by atomic mass is 16.2. The van der Waals surface area contributed by atoms with Gasteiger partial charge in [-0.3, -0.25) is 9.59 Å². The first-order valence-corrected chi connectivity index (χ1v) is 10.2. The molecule has 2 aliphatic heterocycles. The van der Waals surface area contributed by atoms with Crippen molar-refractivity contribution in [2.45, 2.75) is 57.3 Å². The van der Waals surface area contributed by atoms with E-state index in [4.69, 9.17) is 10.7 Å². The second-order valence-corrected chi connectivity index (χ2v) is 8.47. The summed E-state index contributed by atoms with van der Waals surface area (Å²) in [4.78, 5) is 36.7. The predicted octanol–water partition coefficient (Wildman–Crippen LogP) is 1.83. The highest BCUT2D eigenvalue weighted by Crippen LogP contribution is 2.41. The lowest BCUT2D eigenvalue weighted by molar-refractivity contribution is -0.141. The van der Waals surface area contributed by atoms with Gasteiger partial charge in [-0.1, -0.05) is 12.8 Å².